The maximum absolute atomic E-state index is 13.7. The minimum Gasteiger partial charge on any atom is -0.478 e. The fourth-order valence-corrected chi connectivity index (χ4v) is 2.05. The van der Waals surface area contributed by atoms with Crippen LogP contribution >= 0.6 is 0 Å². The average molecular weight is 287 g/mol. The second-order valence-electron chi connectivity index (χ2n) is 4.57. The monoisotopic (exact) mass is 287 g/mol. The maximum Gasteiger partial charge on any atom is 0.336 e. The Hall–Kier alpha value is -2.69. The molecular formula is C16H14FNO3. The van der Waals surface area contributed by atoms with E-state index in [-0.39, 0.29) is 11.1 Å². The van der Waals surface area contributed by atoms with Crippen molar-refractivity contribution in [2.45, 2.75) is 13.0 Å². The first-order valence-electron chi connectivity index (χ1n) is 6.38. The van der Waals surface area contributed by atoms with Gasteiger partial charge < -0.3 is 10.4 Å². The zero-order valence-electron chi connectivity index (χ0n) is 11.3. The van der Waals surface area contributed by atoms with E-state index in [0.717, 1.165) is 0 Å². The number of hydrogen-bond acceptors (Lipinski definition) is 2. The van der Waals surface area contributed by atoms with E-state index in [1.807, 2.05) is 0 Å². The molecule has 0 radical (unpaired) electrons. The summed E-state index contributed by atoms with van der Waals surface area (Å²) in [6.07, 6.45) is 0. The summed E-state index contributed by atoms with van der Waals surface area (Å²) in [5.74, 6) is -2.15. The highest BCUT2D eigenvalue weighted by molar-refractivity contribution is 6.04. The van der Waals surface area contributed by atoms with Gasteiger partial charge in [0.2, 0.25) is 0 Å². The third-order valence-corrected chi connectivity index (χ3v) is 3.12. The number of carboxylic acids is 1. The number of nitrogens with one attached hydrogen (secondary N) is 1. The van der Waals surface area contributed by atoms with Crippen LogP contribution in [0.4, 0.5) is 4.39 Å². The van der Waals surface area contributed by atoms with Crippen molar-refractivity contribution in [3.63, 3.8) is 0 Å². The van der Waals surface area contributed by atoms with Gasteiger partial charge in [-0.2, -0.15) is 0 Å². The third-order valence-electron chi connectivity index (χ3n) is 3.12. The molecule has 2 aromatic rings. The van der Waals surface area contributed by atoms with Gasteiger partial charge in [0.15, 0.2) is 0 Å². The Labute approximate surface area is 121 Å². The van der Waals surface area contributed by atoms with Crippen molar-refractivity contribution in [3.8, 4) is 0 Å². The van der Waals surface area contributed by atoms with Gasteiger partial charge >= 0.3 is 5.97 Å². The molecule has 0 unspecified atom stereocenters. The first kappa shape index (κ1) is 14.7. The Morgan fingerprint density at radius 2 is 1.62 bits per heavy atom. The standard InChI is InChI=1S/C16H14FNO3/c1-10(11-6-4-5-9-14(11)17)18-15(19)12-7-2-3-8-13(12)16(20)21/h2-10H,1H3,(H,18,19)(H,20,21)/t10-/m0/s1. The molecule has 0 heterocycles. The van der Waals surface area contributed by atoms with Crippen molar-refractivity contribution in [3.05, 3.63) is 71.0 Å². The summed E-state index contributed by atoms with van der Waals surface area (Å²) in [4.78, 5) is 23.3. The van der Waals surface area contributed by atoms with Gasteiger partial charge in [-0.3, -0.25) is 4.79 Å². The molecule has 21 heavy (non-hydrogen) atoms. The van der Waals surface area contributed by atoms with Gasteiger partial charge in [0.25, 0.3) is 5.91 Å². The van der Waals surface area contributed by atoms with E-state index in [1.165, 1.54) is 18.2 Å². The molecule has 0 spiro atoms. The van der Waals surface area contributed by atoms with Gasteiger partial charge in [0, 0.05) is 5.56 Å². The van der Waals surface area contributed by atoms with E-state index < -0.39 is 23.7 Å². The second kappa shape index (κ2) is 6.17. The highest BCUT2D eigenvalue weighted by Gasteiger charge is 2.19. The fraction of sp³-hybridized carbons (Fsp3) is 0.125. The predicted octanol–water partition coefficient (Wildman–Crippen LogP) is 3.01. The molecule has 0 aliphatic heterocycles. The molecular weight excluding hydrogens is 273 g/mol. The van der Waals surface area contributed by atoms with Gasteiger partial charge in [-0.15, -0.1) is 0 Å². The van der Waals surface area contributed by atoms with Gasteiger partial charge in [-0.25, -0.2) is 9.18 Å². The van der Waals surface area contributed by atoms with Gasteiger partial charge in [-0.1, -0.05) is 30.3 Å². The number of benzene rings is 2. The quantitative estimate of drug-likeness (QED) is 0.908. The van der Waals surface area contributed by atoms with Crippen molar-refractivity contribution >= 4 is 11.9 Å². The summed E-state index contributed by atoms with van der Waals surface area (Å²) in [5.41, 5.74) is 0.308. The normalized spacial score (nSPS) is 11.7. The zero-order chi connectivity index (χ0) is 15.4. The Bertz CT molecular complexity index is 685. The largest absolute Gasteiger partial charge is 0.478 e. The average Bonchev–Trinajstić information content (AvgIpc) is 2.47. The molecule has 0 aromatic heterocycles. The SMILES string of the molecule is C[C@H](NC(=O)c1ccccc1C(=O)O)c1ccccc1F. The molecule has 0 aliphatic carbocycles. The summed E-state index contributed by atoms with van der Waals surface area (Å²) in [5, 5.41) is 11.7. The highest BCUT2D eigenvalue weighted by Crippen LogP contribution is 2.17. The number of halogens is 1. The molecule has 0 aliphatic rings. The lowest BCUT2D eigenvalue weighted by Crippen LogP contribution is -2.28. The summed E-state index contributed by atoms with van der Waals surface area (Å²) >= 11 is 0. The first-order valence-corrected chi connectivity index (χ1v) is 6.38. The number of amides is 1. The Morgan fingerprint density at radius 1 is 1.05 bits per heavy atom. The van der Waals surface area contributed by atoms with Crippen LogP contribution in [0.3, 0.4) is 0 Å². The number of hydrogen-bond donors (Lipinski definition) is 2. The maximum atomic E-state index is 13.7. The Balaban J connectivity index is 2.23. The molecule has 0 saturated carbocycles. The molecule has 0 bridgehead atoms. The van der Waals surface area contributed by atoms with Crippen molar-refractivity contribution in [1.82, 2.24) is 5.32 Å². The van der Waals surface area contributed by atoms with Crippen LogP contribution in [0.15, 0.2) is 48.5 Å². The van der Waals surface area contributed by atoms with Crippen LogP contribution in [0.5, 0.6) is 0 Å². The molecule has 0 saturated heterocycles. The van der Waals surface area contributed by atoms with Crippen LogP contribution in [-0.4, -0.2) is 17.0 Å². The van der Waals surface area contributed by atoms with Crippen LogP contribution < -0.4 is 5.32 Å². The molecule has 1 amide bonds. The number of carbonyl (C=O) groups excluding carboxylic acids is 1. The third kappa shape index (κ3) is 3.25. The minimum absolute atomic E-state index is 0.0492. The summed E-state index contributed by atoms with van der Waals surface area (Å²) in [6, 6.07) is 11.4. The van der Waals surface area contributed by atoms with Gasteiger partial charge in [0.05, 0.1) is 17.2 Å². The molecule has 2 rings (SSSR count). The number of carbonyl (C=O) groups is 2. The second-order valence-corrected chi connectivity index (χ2v) is 4.57. The number of carboxylic acid groups (broad SMARTS) is 1. The van der Waals surface area contributed by atoms with E-state index in [1.54, 1.807) is 37.3 Å². The molecule has 4 nitrogen and oxygen atoms in total. The minimum atomic E-state index is -1.18. The summed E-state index contributed by atoms with van der Waals surface area (Å²) in [7, 11) is 0. The zero-order valence-corrected chi connectivity index (χ0v) is 11.3. The lowest BCUT2D eigenvalue weighted by molar-refractivity contribution is 0.0690. The molecule has 2 aromatic carbocycles. The summed E-state index contributed by atoms with van der Waals surface area (Å²) in [6.45, 7) is 1.64. The number of aromatic carboxylic acids is 1. The van der Waals surface area contributed by atoms with E-state index >= 15 is 0 Å². The molecule has 108 valence electrons. The topological polar surface area (TPSA) is 66.4 Å². The smallest absolute Gasteiger partial charge is 0.336 e. The van der Waals surface area contributed by atoms with Crippen molar-refractivity contribution in [2.75, 3.05) is 0 Å². The lowest BCUT2D eigenvalue weighted by atomic mass is 10.0. The van der Waals surface area contributed by atoms with E-state index in [2.05, 4.69) is 5.32 Å². The van der Waals surface area contributed by atoms with Crippen molar-refractivity contribution in [1.29, 1.82) is 0 Å². The van der Waals surface area contributed by atoms with E-state index in [0.29, 0.717) is 5.56 Å². The van der Waals surface area contributed by atoms with Gasteiger partial charge in [0.1, 0.15) is 5.82 Å². The Morgan fingerprint density at radius 3 is 2.24 bits per heavy atom. The molecule has 5 heteroatoms. The molecule has 2 N–H and O–H groups in total. The fourth-order valence-electron chi connectivity index (χ4n) is 2.05. The van der Waals surface area contributed by atoms with Crippen LogP contribution in [0.2, 0.25) is 0 Å². The van der Waals surface area contributed by atoms with E-state index in [9.17, 15) is 14.0 Å². The van der Waals surface area contributed by atoms with Crippen LogP contribution in [-0.2, 0) is 0 Å². The number of rotatable bonds is 4. The van der Waals surface area contributed by atoms with Crippen LogP contribution in [0, 0.1) is 5.82 Å². The van der Waals surface area contributed by atoms with Crippen LogP contribution in [0.25, 0.3) is 0 Å². The van der Waals surface area contributed by atoms with Gasteiger partial charge in [-0.05, 0) is 25.1 Å². The van der Waals surface area contributed by atoms with Crippen LogP contribution in [0.1, 0.15) is 39.2 Å². The molecule has 0 fully saturated rings. The van der Waals surface area contributed by atoms with E-state index in [4.69, 9.17) is 5.11 Å². The van der Waals surface area contributed by atoms with Crippen molar-refractivity contribution < 1.29 is 19.1 Å². The first-order chi connectivity index (χ1) is 10.0. The predicted molar refractivity (Wildman–Crippen MR) is 75.7 cm³/mol. The summed E-state index contributed by atoms with van der Waals surface area (Å²) < 4.78 is 13.7. The Kier molecular flexibility index (Phi) is 4.33. The van der Waals surface area contributed by atoms with Crippen molar-refractivity contribution in [2.24, 2.45) is 0 Å². The molecule has 1 atom stereocenters. The lowest BCUT2D eigenvalue weighted by Gasteiger charge is -2.15. The highest BCUT2D eigenvalue weighted by atomic mass is 19.1.